The van der Waals surface area contributed by atoms with E-state index in [1.165, 1.54) is 6.33 Å². The number of imidazole rings is 1. The standard InChI is InChI=1S/C24H26F3N5O3/c1-3-35-22(33)16-4-7-23(34,8-5-16)18-13-32(14-29-18)21-11-15(2)10-20(31-21)30-19-12-17(6-9-28-19)24(25,26)27/h6,9-14,16,34H,3-5,7-8H2,1-2H3,(H,28,30,31)/t16-,23-. The molecule has 1 aliphatic carbocycles. The molecule has 3 aromatic heterocycles. The number of pyridine rings is 2. The van der Waals surface area contributed by atoms with Gasteiger partial charge in [0.15, 0.2) is 0 Å². The number of aromatic nitrogens is 4. The number of esters is 1. The summed E-state index contributed by atoms with van der Waals surface area (Å²) in [6.07, 6.45) is 1.57. The van der Waals surface area contributed by atoms with Gasteiger partial charge in [0.05, 0.1) is 23.8 Å². The minimum absolute atomic E-state index is 0.0165. The van der Waals surface area contributed by atoms with Crippen LogP contribution in [0.3, 0.4) is 0 Å². The molecule has 0 saturated heterocycles. The van der Waals surface area contributed by atoms with E-state index in [0.29, 0.717) is 49.6 Å². The van der Waals surface area contributed by atoms with Gasteiger partial charge in [-0.3, -0.25) is 9.36 Å². The summed E-state index contributed by atoms with van der Waals surface area (Å²) in [7, 11) is 0. The van der Waals surface area contributed by atoms with E-state index < -0.39 is 17.3 Å². The number of aliphatic hydroxyl groups is 1. The fourth-order valence-electron chi connectivity index (χ4n) is 4.19. The van der Waals surface area contributed by atoms with Crippen molar-refractivity contribution in [3.05, 3.63) is 59.8 Å². The van der Waals surface area contributed by atoms with Crippen LogP contribution in [0, 0.1) is 12.8 Å². The van der Waals surface area contributed by atoms with E-state index in [1.54, 1.807) is 29.8 Å². The SMILES string of the molecule is CCOC(=O)[C@H]1CC[C@@](O)(c2cn(-c3cc(C)cc(Nc4cc(C(F)(F)F)ccn4)n3)cn2)CC1. The van der Waals surface area contributed by atoms with Crippen molar-refractivity contribution in [2.45, 2.75) is 51.3 Å². The predicted octanol–water partition coefficient (Wildman–Crippen LogP) is 4.67. The Labute approximate surface area is 200 Å². The molecule has 3 aromatic rings. The van der Waals surface area contributed by atoms with Crippen molar-refractivity contribution in [1.82, 2.24) is 19.5 Å². The van der Waals surface area contributed by atoms with Crippen LogP contribution in [0.25, 0.3) is 5.82 Å². The number of ether oxygens (including phenoxy) is 1. The Morgan fingerprint density at radius 2 is 1.97 bits per heavy atom. The first-order valence-corrected chi connectivity index (χ1v) is 11.3. The summed E-state index contributed by atoms with van der Waals surface area (Å²) in [5, 5.41) is 14.0. The van der Waals surface area contributed by atoms with Crippen LogP contribution in [-0.4, -0.2) is 37.2 Å². The van der Waals surface area contributed by atoms with Crippen molar-refractivity contribution >= 4 is 17.6 Å². The molecule has 3 heterocycles. The second kappa shape index (κ2) is 9.65. The minimum atomic E-state index is -4.48. The van der Waals surface area contributed by atoms with Crippen LogP contribution < -0.4 is 5.32 Å². The van der Waals surface area contributed by atoms with E-state index in [0.717, 1.165) is 23.9 Å². The van der Waals surface area contributed by atoms with Crippen LogP contribution in [0.1, 0.15) is 49.4 Å². The zero-order valence-corrected chi connectivity index (χ0v) is 19.3. The summed E-state index contributed by atoms with van der Waals surface area (Å²) >= 11 is 0. The third-order valence-corrected chi connectivity index (χ3v) is 6.06. The molecule has 1 fully saturated rings. The number of carbonyl (C=O) groups is 1. The third kappa shape index (κ3) is 5.61. The first-order chi connectivity index (χ1) is 16.6. The highest BCUT2D eigenvalue weighted by Gasteiger charge is 2.39. The molecule has 0 aromatic carbocycles. The molecule has 8 nitrogen and oxygen atoms in total. The van der Waals surface area contributed by atoms with Crippen LogP contribution >= 0.6 is 0 Å². The summed E-state index contributed by atoms with van der Waals surface area (Å²) in [5.74, 6) is 0.341. The molecule has 186 valence electrons. The van der Waals surface area contributed by atoms with Crippen molar-refractivity contribution in [3.8, 4) is 5.82 Å². The highest BCUT2D eigenvalue weighted by Crippen LogP contribution is 2.39. The number of nitrogens with one attached hydrogen (secondary N) is 1. The average Bonchev–Trinajstić information content (AvgIpc) is 3.30. The molecule has 0 aliphatic heterocycles. The van der Waals surface area contributed by atoms with Gasteiger partial charge in [-0.2, -0.15) is 13.2 Å². The van der Waals surface area contributed by atoms with E-state index in [1.807, 2.05) is 6.92 Å². The molecule has 0 radical (unpaired) electrons. The van der Waals surface area contributed by atoms with E-state index in [2.05, 4.69) is 20.3 Å². The summed E-state index contributed by atoms with van der Waals surface area (Å²) in [6, 6.07) is 5.30. The van der Waals surface area contributed by atoms with Crippen molar-refractivity contribution in [2.24, 2.45) is 5.92 Å². The first kappa shape index (κ1) is 24.6. The van der Waals surface area contributed by atoms with Crippen molar-refractivity contribution < 1.29 is 27.8 Å². The van der Waals surface area contributed by atoms with Gasteiger partial charge in [0, 0.05) is 12.4 Å². The average molecular weight is 489 g/mol. The van der Waals surface area contributed by atoms with Crippen LogP contribution in [0.15, 0.2) is 43.0 Å². The topological polar surface area (TPSA) is 102 Å². The Balaban J connectivity index is 1.51. The Morgan fingerprint density at radius 1 is 1.23 bits per heavy atom. The number of hydrogen-bond donors (Lipinski definition) is 2. The molecule has 11 heteroatoms. The van der Waals surface area contributed by atoms with Gasteiger partial charge in [0.1, 0.15) is 29.4 Å². The number of anilines is 2. The molecular weight excluding hydrogens is 463 g/mol. The fourth-order valence-corrected chi connectivity index (χ4v) is 4.19. The zero-order valence-electron chi connectivity index (χ0n) is 19.3. The van der Waals surface area contributed by atoms with Gasteiger partial charge in [-0.05, 0) is 69.4 Å². The van der Waals surface area contributed by atoms with Crippen LogP contribution in [0.4, 0.5) is 24.8 Å². The zero-order chi connectivity index (χ0) is 25.2. The monoisotopic (exact) mass is 489 g/mol. The molecule has 0 amide bonds. The van der Waals surface area contributed by atoms with E-state index in [-0.39, 0.29) is 17.7 Å². The number of carbonyl (C=O) groups excluding carboxylic acids is 1. The second-order valence-corrected chi connectivity index (χ2v) is 8.66. The number of hydrogen-bond acceptors (Lipinski definition) is 7. The highest BCUT2D eigenvalue weighted by molar-refractivity contribution is 5.72. The van der Waals surface area contributed by atoms with Gasteiger partial charge < -0.3 is 15.2 Å². The first-order valence-electron chi connectivity index (χ1n) is 11.3. The van der Waals surface area contributed by atoms with Gasteiger partial charge in [-0.1, -0.05) is 0 Å². The lowest BCUT2D eigenvalue weighted by molar-refractivity contribution is -0.151. The summed E-state index contributed by atoms with van der Waals surface area (Å²) in [6.45, 7) is 3.92. The number of halogens is 3. The van der Waals surface area contributed by atoms with Crippen LogP contribution in [0.2, 0.25) is 0 Å². The molecule has 35 heavy (non-hydrogen) atoms. The molecule has 0 spiro atoms. The number of alkyl halides is 3. The van der Waals surface area contributed by atoms with Crippen molar-refractivity contribution in [3.63, 3.8) is 0 Å². The Bertz CT molecular complexity index is 1200. The summed E-state index contributed by atoms with van der Waals surface area (Å²) in [5.41, 5.74) is -0.695. The largest absolute Gasteiger partial charge is 0.466 e. The second-order valence-electron chi connectivity index (χ2n) is 8.66. The lowest BCUT2D eigenvalue weighted by atomic mass is 9.77. The molecule has 1 saturated carbocycles. The fraction of sp³-hybridized carbons (Fsp3) is 0.417. The van der Waals surface area contributed by atoms with Crippen molar-refractivity contribution in [2.75, 3.05) is 11.9 Å². The van der Waals surface area contributed by atoms with Crippen LogP contribution in [0.5, 0.6) is 0 Å². The van der Waals surface area contributed by atoms with E-state index in [4.69, 9.17) is 4.74 Å². The van der Waals surface area contributed by atoms with Gasteiger partial charge in [-0.25, -0.2) is 15.0 Å². The van der Waals surface area contributed by atoms with Crippen molar-refractivity contribution in [1.29, 1.82) is 0 Å². The van der Waals surface area contributed by atoms with Crippen LogP contribution in [-0.2, 0) is 21.3 Å². The smallest absolute Gasteiger partial charge is 0.416 e. The highest BCUT2D eigenvalue weighted by atomic mass is 19.4. The molecule has 2 N–H and O–H groups in total. The summed E-state index contributed by atoms with van der Waals surface area (Å²) < 4.78 is 45.8. The predicted molar refractivity (Wildman–Crippen MR) is 121 cm³/mol. The molecular formula is C24H26F3N5O3. The maximum absolute atomic E-state index is 13.0. The van der Waals surface area contributed by atoms with Gasteiger partial charge in [0.2, 0.25) is 0 Å². The van der Waals surface area contributed by atoms with Gasteiger partial charge in [0.25, 0.3) is 0 Å². The molecule has 4 rings (SSSR count). The Hall–Kier alpha value is -3.47. The maximum atomic E-state index is 13.0. The lowest BCUT2D eigenvalue weighted by Gasteiger charge is -2.33. The molecule has 0 atom stereocenters. The normalized spacial score (nSPS) is 20.5. The third-order valence-electron chi connectivity index (χ3n) is 6.06. The number of rotatable bonds is 6. The Kier molecular flexibility index (Phi) is 6.79. The molecule has 0 bridgehead atoms. The molecule has 0 unspecified atom stereocenters. The van der Waals surface area contributed by atoms with Gasteiger partial charge >= 0.3 is 12.1 Å². The minimum Gasteiger partial charge on any atom is -0.466 e. The van der Waals surface area contributed by atoms with E-state index >= 15 is 0 Å². The number of aryl methyl sites for hydroxylation is 1. The lowest BCUT2D eigenvalue weighted by Crippen LogP contribution is -2.34. The number of nitrogens with zero attached hydrogens (tertiary/aromatic N) is 4. The Morgan fingerprint density at radius 3 is 2.66 bits per heavy atom. The quantitative estimate of drug-likeness (QED) is 0.485. The van der Waals surface area contributed by atoms with Gasteiger partial charge in [-0.15, -0.1) is 0 Å². The summed E-state index contributed by atoms with van der Waals surface area (Å²) in [4.78, 5) is 24.8. The maximum Gasteiger partial charge on any atom is 0.416 e. The van der Waals surface area contributed by atoms with E-state index in [9.17, 15) is 23.1 Å². The molecule has 1 aliphatic rings.